The second-order valence-corrected chi connectivity index (χ2v) is 5.51. The van der Waals surface area contributed by atoms with Crippen molar-refractivity contribution in [3.63, 3.8) is 0 Å². The van der Waals surface area contributed by atoms with Crippen molar-refractivity contribution >= 4 is 40.6 Å². The number of hydrogen-bond acceptors (Lipinski definition) is 2. The molecule has 1 aromatic rings. The molecule has 0 aromatic heterocycles. The number of hydrogen-bond donors (Lipinski definition) is 1. The van der Waals surface area contributed by atoms with Gasteiger partial charge in [-0.05, 0) is 30.8 Å². The van der Waals surface area contributed by atoms with Crippen LogP contribution in [0, 0.1) is 0 Å². The Kier molecular flexibility index (Phi) is 8.19. The zero-order valence-electron chi connectivity index (χ0n) is 11.0. The molecular formula is C14H19Cl2NOS. The van der Waals surface area contributed by atoms with Gasteiger partial charge in [0.25, 0.3) is 5.17 Å². The topological polar surface area (TPSA) is 21.3 Å². The van der Waals surface area contributed by atoms with Crippen LogP contribution >= 0.6 is 35.4 Å². The summed E-state index contributed by atoms with van der Waals surface area (Å²) in [6, 6.07) is 5.32. The van der Waals surface area contributed by atoms with Crippen LogP contribution in [0.4, 0.5) is 0 Å². The van der Waals surface area contributed by atoms with Crippen LogP contribution in [0.5, 0.6) is 0 Å². The quantitative estimate of drug-likeness (QED) is 0.566. The summed E-state index contributed by atoms with van der Waals surface area (Å²) in [6.45, 7) is 3.40. The first-order valence-electron chi connectivity index (χ1n) is 6.48. The van der Waals surface area contributed by atoms with Crippen molar-refractivity contribution in [3.05, 3.63) is 33.8 Å². The predicted octanol–water partition coefficient (Wildman–Crippen LogP) is 4.96. The van der Waals surface area contributed by atoms with Crippen molar-refractivity contribution in [3.8, 4) is 0 Å². The van der Waals surface area contributed by atoms with Crippen LogP contribution in [0.1, 0.15) is 38.2 Å². The lowest BCUT2D eigenvalue weighted by Crippen LogP contribution is -2.24. The summed E-state index contributed by atoms with van der Waals surface area (Å²) < 4.78 is 5.45. The highest BCUT2D eigenvalue weighted by Gasteiger charge is 2.03. The molecule has 0 atom stereocenters. The summed E-state index contributed by atoms with van der Waals surface area (Å²) in [5.74, 6) is 0. The number of halogens is 2. The first-order chi connectivity index (χ1) is 9.13. The lowest BCUT2D eigenvalue weighted by Gasteiger charge is -2.10. The molecule has 0 amide bonds. The first kappa shape index (κ1) is 16.5. The number of benzene rings is 1. The zero-order chi connectivity index (χ0) is 14.1. The van der Waals surface area contributed by atoms with Crippen molar-refractivity contribution in [2.24, 2.45) is 0 Å². The molecule has 0 bridgehead atoms. The maximum atomic E-state index is 6.05. The number of rotatable bonds is 7. The van der Waals surface area contributed by atoms with Gasteiger partial charge in [0, 0.05) is 22.2 Å². The monoisotopic (exact) mass is 319 g/mol. The van der Waals surface area contributed by atoms with Gasteiger partial charge in [-0.3, -0.25) is 0 Å². The summed E-state index contributed by atoms with van der Waals surface area (Å²) in [4.78, 5) is 0. The van der Waals surface area contributed by atoms with E-state index in [0.717, 1.165) is 18.5 Å². The van der Waals surface area contributed by atoms with Gasteiger partial charge in [-0.1, -0.05) is 55.5 Å². The molecule has 19 heavy (non-hydrogen) atoms. The first-order valence-corrected chi connectivity index (χ1v) is 7.64. The number of thiocarbonyl (C=S) groups is 1. The van der Waals surface area contributed by atoms with E-state index in [-0.39, 0.29) is 0 Å². The van der Waals surface area contributed by atoms with Crippen molar-refractivity contribution in [1.82, 2.24) is 5.32 Å². The summed E-state index contributed by atoms with van der Waals surface area (Å²) >= 11 is 17.0. The SMILES string of the molecule is CCCCCCNC(=S)OCc1ccc(Cl)cc1Cl. The minimum Gasteiger partial charge on any atom is -0.466 e. The molecule has 0 fully saturated rings. The van der Waals surface area contributed by atoms with Crippen LogP contribution < -0.4 is 5.32 Å². The highest BCUT2D eigenvalue weighted by atomic mass is 35.5. The van der Waals surface area contributed by atoms with Crippen LogP contribution in [0.25, 0.3) is 0 Å². The molecule has 0 spiro atoms. The number of nitrogens with one attached hydrogen (secondary N) is 1. The molecule has 1 rings (SSSR count). The Labute approximate surface area is 130 Å². The van der Waals surface area contributed by atoms with E-state index in [0.29, 0.717) is 21.8 Å². The molecule has 0 saturated heterocycles. The summed E-state index contributed by atoms with van der Waals surface area (Å²) in [5, 5.41) is 4.71. The maximum Gasteiger partial charge on any atom is 0.256 e. The number of unbranched alkanes of at least 4 members (excludes halogenated alkanes) is 3. The molecule has 0 unspecified atom stereocenters. The molecule has 5 heteroatoms. The average Bonchev–Trinajstić information content (AvgIpc) is 2.37. The van der Waals surface area contributed by atoms with E-state index in [4.69, 9.17) is 40.2 Å². The van der Waals surface area contributed by atoms with Gasteiger partial charge in [0.1, 0.15) is 6.61 Å². The Morgan fingerprint density at radius 1 is 1.26 bits per heavy atom. The predicted molar refractivity (Wildman–Crippen MR) is 86.0 cm³/mol. The summed E-state index contributed by atoms with van der Waals surface area (Å²) in [5.41, 5.74) is 0.876. The Bertz CT molecular complexity index is 412. The van der Waals surface area contributed by atoms with Gasteiger partial charge >= 0.3 is 0 Å². The van der Waals surface area contributed by atoms with E-state index >= 15 is 0 Å². The standard InChI is InChI=1S/C14H19Cl2NOS/c1-2-3-4-5-8-17-14(19)18-10-11-6-7-12(15)9-13(11)16/h6-7,9H,2-5,8,10H2,1H3,(H,17,19). The number of ether oxygens (including phenoxy) is 1. The van der Waals surface area contributed by atoms with Gasteiger partial charge in [0.15, 0.2) is 0 Å². The van der Waals surface area contributed by atoms with Crippen LogP contribution in [-0.4, -0.2) is 11.7 Å². The normalized spacial score (nSPS) is 10.3. The van der Waals surface area contributed by atoms with Gasteiger partial charge in [-0.25, -0.2) is 0 Å². The van der Waals surface area contributed by atoms with E-state index in [1.54, 1.807) is 12.1 Å². The third kappa shape index (κ3) is 7.00. The average molecular weight is 320 g/mol. The smallest absolute Gasteiger partial charge is 0.256 e. The third-order valence-corrected chi connectivity index (χ3v) is 3.52. The highest BCUT2D eigenvalue weighted by molar-refractivity contribution is 7.80. The second-order valence-electron chi connectivity index (χ2n) is 4.30. The van der Waals surface area contributed by atoms with Gasteiger partial charge in [0.2, 0.25) is 0 Å². The lowest BCUT2D eigenvalue weighted by molar-refractivity contribution is 0.286. The Morgan fingerprint density at radius 2 is 2.05 bits per heavy atom. The Balaban J connectivity index is 2.22. The molecule has 0 aliphatic carbocycles. The van der Waals surface area contributed by atoms with Gasteiger partial charge in [0.05, 0.1) is 0 Å². The van der Waals surface area contributed by atoms with Crippen LogP contribution in [0.2, 0.25) is 10.0 Å². The molecule has 1 N–H and O–H groups in total. The van der Waals surface area contributed by atoms with Crippen molar-refractivity contribution in [2.75, 3.05) is 6.54 Å². The van der Waals surface area contributed by atoms with Gasteiger partial charge < -0.3 is 10.1 Å². The fourth-order valence-electron chi connectivity index (χ4n) is 1.58. The van der Waals surface area contributed by atoms with Crippen molar-refractivity contribution in [1.29, 1.82) is 0 Å². The molecule has 1 aromatic carbocycles. The second kappa shape index (κ2) is 9.40. The van der Waals surface area contributed by atoms with Crippen molar-refractivity contribution in [2.45, 2.75) is 39.2 Å². The fraction of sp³-hybridized carbons (Fsp3) is 0.500. The minimum absolute atomic E-state index is 0.358. The molecule has 0 radical (unpaired) electrons. The van der Waals surface area contributed by atoms with Gasteiger partial charge in [-0.2, -0.15) is 0 Å². The minimum atomic E-state index is 0.358. The van der Waals surface area contributed by atoms with Gasteiger partial charge in [-0.15, -0.1) is 0 Å². The fourth-order valence-corrected chi connectivity index (χ4v) is 2.20. The molecule has 0 aliphatic heterocycles. The van der Waals surface area contributed by atoms with E-state index in [1.807, 2.05) is 6.07 Å². The molecular weight excluding hydrogens is 301 g/mol. The molecule has 106 valence electrons. The Hall–Kier alpha value is -0.510. The van der Waals surface area contributed by atoms with E-state index in [1.165, 1.54) is 19.3 Å². The van der Waals surface area contributed by atoms with E-state index in [9.17, 15) is 0 Å². The maximum absolute atomic E-state index is 6.05. The van der Waals surface area contributed by atoms with Crippen molar-refractivity contribution < 1.29 is 4.74 Å². The summed E-state index contributed by atoms with van der Waals surface area (Å²) in [7, 11) is 0. The van der Waals surface area contributed by atoms with Crippen LogP contribution in [0.3, 0.4) is 0 Å². The highest BCUT2D eigenvalue weighted by Crippen LogP contribution is 2.21. The summed E-state index contributed by atoms with van der Waals surface area (Å²) in [6.07, 6.45) is 4.82. The van der Waals surface area contributed by atoms with Crippen LogP contribution in [0.15, 0.2) is 18.2 Å². The molecule has 0 aliphatic rings. The largest absolute Gasteiger partial charge is 0.466 e. The molecule has 0 saturated carbocycles. The molecule has 0 heterocycles. The Morgan fingerprint density at radius 3 is 2.74 bits per heavy atom. The van der Waals surface area contributed by atoms with E-state index < -0.39 is 0 Å². The van der Waals surface area contributed by atoms with E-state index in [2.05, 4.69) is 12.2 Å². The van der Waals surface area contributed by atoms with Crippen LogP contribution in [-0.2, 0) is 11.3 Å². The third-order valence-electron chi connectivity index (χ3n) is 2.67. The molecule has 2 nitrogen and oxygen atoms in total. The lowest BCUT2D eigenvalue weighted by atomic mass is 10.2. The zero-order valence-corrected chi connectivity index (χ0v) is 13.4.